The molecule has 15 heavy (non-hydrogen) atoms. The van der Waals surface area contributed by atoms with Crippen LogP contribution in [-0.4, -0.2) is 15.8 Å². The molecule has 5 heteroatoms. The third-order valence-corrected chi connectivity index (χ3v) is 2.07. The van der Waals surface area contributed by atoms with Gasteiger partial charge in [0.15, 0.2) is 0 Å². The number of aldehydes is 1. The van der Waals surface area contributed by atoms with Gasteiger partial charge >= 0.3 is 0 Å². The average molecular weight is 206 g/mol. The summed E-state index contributed by atoms with van der Waals surface area (Å²) in [6.45, 7) is -0.115. The summed E-state index contributed by atoms with van der Waals surface area (Å²) in [5.41, 5.74) is -0.243. The second-order valence-electron chi connectivity index (χ2n) is 3.00. The van der Waals surface area contributed by atoms with Crippen LogP contribution in [0.25, 0.3) is 10.9 Å². The number of halogens is 1. The second-order valence-corrected chi connectivity index (χ2v) is 3.00. The van der Waals surface area contributed by atoms with E-state index in [-0.39, 0.29) is 11.9 Å². The van der Waals surface area contributed by atoms with Gasteiger partial charge in [-0.3, -0.25) is 9.36 Å². The molecule has 0 atom stereocenters. The molecule has 0 radical (unpaired) electrons. The molecule has 0 N–H and O–H groups in total. The van der Waals surface area contributed by atoms with Crippen molar-refractivity contribution in [3.8, 4) is 0 Å². The molecule has 0 aliphatic heterocycles. The van der Waals surface area contributed by atoms with E-state index >= 15 is 0 Å². The van der Waals surface area contributed by atoms with Crippen molar-refractivity contribution in [2.45, 2.75) is 6.54 Å². The molecular formula is C10H7FN2O2. The Morgan fingerprint density at radius 2 is 2.27 bits per heavy atom. The van der Waals surface area contributed by atoms with Crippen LogP contribution in [0.4, 0.5) is 4.39 Å². The summed E-state index contributed by atoms with van der Waals surface area (Å²) < 4.78 is 14.4. The number of hydrogen-bond donors (Lipinski definition) is 0. The Labute approximate surface area is 84.0 Å². The Morgan fingerprint density at radius 1 is 1.47 bits per heavy atom. The lowest BCUT2D eigenvalue weighted by atomic mass is 10.2. The van der Waals surface area contributed by atoms with Crippen LogP contribution in [0, 0.1) is 5.82 Å². The molecule has 76 valence electrons. The van der Waals surface area contributed by atoms with Crippen molar-refractivity contribution < 1.29 is 9.18 Å². The van der Waals surface area contributed by atoms with E-state index in [1.54, 1.807) is 6.07 Å². The molecule has 1 aromatic carbocycles. The smallest absolute Gasteiger partial charge is 0.264 e. The van der Waals surface area contributed by atoms with E-state index < -0.39 is 11.4 Å². The van der Waals surface area contributed by atoms with Crippen molar-refractivity contribution in [3.63, 3.8) is 0 Å². The van der Waals surface area contributed by atoms with Gasteiger partial charge in [-0.25, -0.2) is 9.37 Å². The van der Waals surface area contributed by atoms with Gasteiger partial charge in [0.2, 0.25) is 0 Å². The quantitative estimate of drug-likeness (QED) is 0.681. The maximum atomic E-state index is 13.3. The zero-order valence-electron chi connectivity index (χ0n) is 7.68. The Bertz CT molecular complexity index is 577. The minimum absolute atomic E-state index is 0.0816. The fourth-order valence-corrected chi connectivity index (χ4v) is 1.37. The Balaban J connectivity index is 2.83. The summed E-state index contributed by atoms with van der Waals surface area (Å²) in [4.78, 5) is 25.8. The molecule has 0 saturated heterocycles. The van der Waals surface area contributed by atoms with Crippen LogP contribution in [-0.2, 0) is 11.3 Å². The van der Waals surface area contributed by atoms with Gasteiger partial charge in [0.1, 0.15) is 17.5 Å². The zero-order chi connectivity index (χ0) is 10.8. The number of rotatable bonds is 2. The molecule has 0 spiro atoms. The fraction of sp³-hybridized carbons (Fsp3) is 0.100. The highest BCUT2D eigenvalue weighted by atomic mass is 19.1. The standard InChI is InChI=1S/C10H7FN2O2/c11-7-2-1-3-8-9(7)10(15)13(4-5-14)6-12-8/h1-3,5-6H,4H2. The van der Waals surface area contributed by atoms with E-state index in [2.05, 4.69) is 4.98 Å². The van der Waals surface area contributed by atoms with Crippen LogP contribution in [0.5, 0.6) is 0 Å². The van der Waals surface area contributed by atoms with Crippen molar-refractivity contribution in [1.82, 2.24) is 9.55 Å². The Hall–Kier alpha value is -2.04. The van der Waals surface area contributed by atoms with Crippen molar-refractivity contribution in [1.29, 1.82) is 0 Å². The number of carbonyl (C=O) groups is 1. The van der Waals surface area contributed by atoms with Crippen LogP contribution in [0.2, 0.25) is 0 Å². The van der Waals surface area contributed by atoms with Crippen molar-refractivity contribution in [3.05, 3.63) is 40.7 Å². The number of benzene rings is 1. The first-order valence-electron chi connectivity index (χ1n) is 4.31. The second kappa shape index (κ2) is 3.61. The largest absolute Gasteiger partial charge is 0.301 e. The monoisotopic (exact) mass is 206 g/mol. The summed E-state index contributed by atoms with van der Waals surface area (Å²) in [5.74, 6) is -0.620. The molecular weight excluding hydrogens is 199 g/mol. The van der Waals surface area contributed by atoms with Gasteiger partial charge in [-0.05, 0) is 12.1 Å². The van der Waals surface area contributed by atoms with Crippen molar-refractivity contribution >= 4 is 17.2 Å². The summed E-state index contributed by atoms with van der Waals surface area (Å²) in [6.07, 6.45) is 1.80. The van der Waals surface area contributed by atoms with E-state index in [9.17, 15) is 14.0 Å². The molecule has 4 nitrogen and oxygen atoms in total. The van der Waals surface area contributed by atoms with Crippen LogP contribution in [0.15, 0.2) is 29.3 Å². The van der Waals surface area contributed by atoms with Gasteiger partial charge in [-0.15, -0.1) is 0 Å². The number of hydrogen-bond acceptors (Lipinski definition) is 3. The summed E-state index contributed by atoms with van der Waals surface area (Å²) >= 11 is 0. The van der Waals surface area contributed by atoms with Gasteiger partial charge in [0.05, 0.1) is 18.4 Å². The number of aromatic nitrogens is 2. The van der Waals surface area contributed by atoms with Crippen LogP contribution >= 0.6 is 0 Å². The van der Waals surface area contributed by atoms with Crippen molar-refractivity contribution in [2.24, 2.45) is 0 Å². The summed E-state index contributed by atoms with van der Waals surface area (Å²) in [7, 11) is 0. The predicted octanol–water partition coefficient (Wildman–Crippen LogP) is 0.735. The van der Waals surface area contributed by atoms with Gasteiger partial charge in [0.25, 0.3) is 5.56 Å². The van der Waals surface area contributed by atoms with E-state index in [4.69, 9.17) is 0 Å². The van der Waals surface area contributed by atoms with Gasteiger partial charge < -0.3 is 4.79 Å². The first-order valence-corrected chi connectivity index (χ1v) is 4.31. The first-order chi connectivity index (χ1) is 7.24. The number of nitrogens with zero attached hydrogens (tertiary/aromatic N) is 2. The molecule has 1 aromatic heterocycles. The molecule has 0 amide bonds. The van der Waals surface area contributed by atoms with Gasteiger partial charge in [-0.2, -0.15) is 0 Å². The third kappa shape index (κ3) is 1.52. The average Bonchev–Trinajstić information content (AvgIpc) is 2.22. The Morgan fingerprint density at radius 3 is 3.00 bits per heavy atom. The minimum Gasteiger partial charge on any atom is -0.301 e. The molecule has 0 unspecified atom stereocenters. The van der Waals surface area contributed by atoms with Gasteiger partial charge in [-0.1, -0.05) is 6.07 Å². The highest BCUT2D eigenvalue weighted by Crippen LogP contribution is 2.09. The van der Waals surface area contributed by atoms with E-state index in [1.165, 1.54) is 18.5 Å². The highest BCUT2D eigenvalue weighted by molar-refractivity contribution is 5.77. The lowest BCUT2D eigenvalue weighted by molar-refractivity contribution is -0.108. The molecule has 1 heterocycles. The summed E-state index contributed by atoms with van der Waals surface area (Å²) in [5, 5.41) is -0.0816. The fourth-order valence-electron chi connectivity index (χ4n) is 1.37. The first kappa shape index (κ1) is 9.51. The van der Waals surface area contributed by atoms with Gasteiger partial charge in [0, 0.05) is 0 Å². The van der Waals surface area contributed by atoms with Crippen LogP contribution in [0.3, 0.4) is 0 Å². The lowest BCUT2D eigenvalue weighted by Crippen LogP contribution is -2.21. The molecule has 0 bridgehead atoms. The number of carbonyl (C=O) groups excluding carboxylic acids is 1. The molecule has 0 aliphatic rings. The molecule has 0 saturated carbocycles. The number of fused-ring (bicyclic) bond motifs is 1. The topological polar surface area (TPSA) is 52.0 Å². The highest BCUT2D eigenvalue weighted by Gasteiger charge is 2.07. The minimum atomic E-state index is -0.620. The predicted molar refractivity (Wildman–Crippen MR) is 52.0 cm³/mol. The third-order valence-electron chi connectivity index (χ3n) is 2.07. The maximum absolute atomic E-state index is 13.3. The SMILES string of the molecule is O=CCn1cnc2cccc(F)c2c1=O. The lowest BCUT2D eigenvalue weighted by Gasteiger charge is -2.02. The van der Waals surface area contributed by atoms with E-state index in [0.29, 0.717) is 11.8 Å². The van der Waals surface area contributed by atoms with E-state index in [0.717, 1.165) is 4.57 Å². The normalized spacial score (nSPS) is 10.5. The zero-order valence-corrected chi connectivity index (χ0v) is 7.68. The van der Waals surface area contributed by atoms with Crippen LogP contribution in [0.1, 0.15) is 0 Å². The molecule has 0 aliphatic carbocycles. The summed E-state index contributed by atoms with van der Waals surface area (Å²) in [6, 6.07) is 4.22. The van der Waals surface area contributed by atoms with Crippen molar-refractivity contribution in [2.75, 3.05) is 0 Å². The maximum Gasteiger partial charge on any atom is 0.264 e. The molecule has 2 aromatic rings. The van der Waals surface area contributed by atoms with E-state index in [1.807, 2.05) is 0 Å². The Kier molecular flexibility index (Phi) is 2.29. The molecule has 0 fully saturated rings. The van der Waals surface area contributed by atoms with Crippen LogP contribution < -0.4 is 5.56 Å². The molecule has 2 rings (SSSR count).